The SMILES string of the molecule is CCN(CC)C(=O)CCN(C(C)=O)c1ccccc1OC. The fourth-order valence-electron chi connectivity index (χ4n) is 2.24. The number of anilines is 1. The van der Waals surface area contributed by atoms with Crippen molar-refractivity contribution in [3.8, 4) is 5.75 Å². The van der Waals surface area contributed by atoms with E-state index in [1.807, 2.05) is 32.0 Å². The third-order valence-electron chi connectivity index (χ3n) is 3.42. The average Bonchev–Trinajstić information content (AvgIpc) is 2.48. The molecular formula is C16H24N2O3. The monoisotopic (exact) mass is 292 g/mol. The molecule has 0 aliphatic heterocycles. The Balaban J connectivity index is 2.84. The van der Waals surface area contributed by atoms with Crippen LogP contribution >= 0.6 is 0 Å². The molecule has 1 aromatic carbocycles. The molecule has 0 atom stereocenters. The third-order valence-corrected chi connectivity index (χ3v) is 3.42. The second-order valence-corrected chi connectivity index (χ2v) is 4.66. The molecule has 0 aromatic heterocycles. The molecular weight excluding hydrogens is 268 g/mol. The van der Waals surface area contributed by atoms with Gasteiger partial charge in [-0.25, -0.2) is 0 Å². The van der Waals surface area contributed by atoms with Crippen LogP contribution in [0.15, 0.2) is 24.3 Å². The van der Waals surface area contributed by atoms with E-state index in [4.69, 9.17) is 4.74 Å². The zero-order chi connectivity index (χ0) is 15.8. The lowest BCUT2D eigenvalue weighted by Gasteiger charge is -2.25. The van der Waals surface area contributed by atoms with Crippen molar-refractivity contribution in [2.75, 3.05) is 31.6 Å². The number of amides is 2. The van der Waals surface area contributed by atoms with Gasteiger partial charge in [0.2, 0.25) is 11.8 Å². The highest BCUT2D eigenvalue weighted by atomic mass is 16.5. The number of rotatable bonds is 7. The Bertz CT molecular complexity index is 484. The number of hydrogen-bond acceptors (Lipinski definition) is 3. The normalized spacial score (nSPS) is 10.1. The van der Waals surface area contributed by atoms with E-state index in [9.17, 15) is 9.59 Å². The number of carbonyl (C=O) groups is 2. The molecule has 5 heteroatoms. The van der Waals surface area contributed by atoms with Crippen LogP contribution in [0.3, 0.4) is 0 Å². The summed E-state index contributed by atoms with van der Waals surface area (Å²) in [4.78, 5) is 27.3. The summed E-state index contributed by atoms with van der Waals surface area (Å²) >= 11 is 0. The fourth-order valence-corrected chi connectivity index (χ4v) is 2.24. The zero-order valence-corrected chi connectivity index (χ0v) is 13.3. The second-order valence-electron chi connectivity index (χ2n) is 4.66. The molecule has 0 aliphatic rings. The molecule has 0 N–H and O–H groups in total. The maximum Gasteiger partial charge on any atom is 0.224 e. The highest BCUT2D eigenvalue weighted by molar-refractivity contribution is 5.93. The van der Waals surface area contributed by atoms with Crippen LogP contribution in [0.1, 0.15) is 27.2 Å². The summed E-state index contributed by atoms with van der Waals surface area (Å²) in [6.07, 6.45) is 0.305. The van der Waals surface area contributed by atoms with Gasteiger partial charge in [0.15, 0.2) is 0 Å². The van der Waals surface area contributed by atoms with Crippen molar-refractivity contribution in [1.29, 1.82) is 0 Å². The topological polar surface area (TPSA) is 49.9 Å². The van der Waals surface area contributed by atoms with Crippen LogP contribution in [-0.2, 0) is 9.59 Å². The first-order chi connectivity index (χ1) is 10.0. The lowest BCUT2D eigenvalue weighted by molar-refractivity contribution is -0.130. The molecule has 0 bridgehead atoms. The van der Waals surface area contributed by atoms with Gasteiger partial charge in [0.25, 0.3) is 0 Å². The molecule has 1 rings (SSSR count). The van der Waals surface area contributed by atoms with E-state index in [0.29, 0.717) is 37.5 Å². The maximum atomic E-state index is 12.1. The summed E-state index contributed by atoms with van der Waals surface area (Å²) in [6, 6.07) is 7.32. The van der Waals surface area contributed by atoms with Gasteiger partial charge in [-0.15, -0.1) is 0 Å². The second kappa shape index (κ2) is 8.29. The smallest absolute Gasteiger partial charge is 0.224 e. The Kier molecular flexibility index (Phi) is 6.72. The molecule has 0 heterocycles. The maximum absolute atomic E-state index is 12.1. The van der Waals surface area contributed by atoms with E-state index >= 15 is 0 Å². The molecule has 0 spiro atoms. The zero-order valence-electron chi connectivity index (χ0n) is 13.3. The molecule has 2 amide bonds. The molecule has 0 aliphatic carbocycles. The van der Waals surface area contributed by atoms with Gasteiger partial charge in [0, 0.05) is 33.0 Å². The lowest BCUT2D eigenvalue weighted by atomic mass is 10.2. The van der Waals surface area contributed by atoms with Gasteiger partial charge >= 0.3 is 0 Å². The van der Waals surface area contributed by atoms with Gasteiger partial charge in [0.05, 0.1) is 12.8 Å². The van der Waals surface area contributed by atoms with E-state index < -0.39 is 0 Å². The van der Waals surface area contributed by atoms with Crippen LogP contribution in [-0.4, -0.2) is 43.5 Å². The predicted octanol–water partition coefficient (Wildman–Crippen LogP) is 2.31. The van der Waals surface area contributed by atoms with Crippen LogP contribution in [0.4, 0.5) is 5.69 Å². The van der Waals surface area contributed by atoms with Gasteiger partial charge in [-0.1, -0.05) is 12.1 Å². The number of hydrogen-bond donors (Lipinski definition) is 0. The summed E-state index contributed by atoms with van der Waals surface area (Å²) < 4.78 is 5.28. The highest BCUT2D eigenvalue weighted by Crippen LogP contribution is 2.27. The van der Waals surface area contributed by atoms with Crippen LogP contribution in [0.2, 0.25) is 0 Å². The first-order valence-corrected chi connectivity index (χ1v) is 7.24. The Morgan fingerprint density at radius 1 is 1.14 bits per heavy atom. The number of carbonyl (C=O) groups excluding carboxylic acids is 2. The number of ether oxygens (including phenoxy) is 1. The molecule has 5 nitrogen and oxygen atoms in total. The van der Waals surface area contributed by atoms with Crippen LogP contribution in [0.5, 0.6) is 5.75 Å². The van der Waals surface area contributed by atoms with Crippen molar-refractivity contribution in [2.24, 2.45) is 0 Å². The summed E-state index contributed by atoms with van der Waals surface area (Å²) in [5.41, 5.74) is 0.694. The number of para-hydroxylation sites is 2. The minimum absolute atomic E-state index is 0.0566. The molecule has 0 saturated carbocycles. The highest BCUT2D eigenvalue weighted by Gasteiger charge is 2.18. The van der Waals surface area contributed by atoms with Gasteiger partial charge in [-0.05, 0) is 26.0 Å². The summed E-state index contributed by atoms with van der Waals surface area (Å²) in [6.45, 7) is 7.11. The Labute approximate surface area is 126 Å². The summed E-state index contributed by atoms with van der Waals surface area (Å²) in [7, 11) is 1.57. The largest absolute Gasteiger partial charge is 0.495 e. The summed E-state index contributed by atoms with van der Waals surface area (Å²) in [5.74, 6) is 0.580. The minimum Gasteiger partial charge on any atom is -0.495 e. The Morgan fingerprint density at radius 2 is 1.76 bits per heavy atom. The Morgan fingerprint density at radius 3 is 2.29 bits per heavy atom. The lowest BCUT2D eigenvalue weighted by Crippen LogP contribution is -2.36. The average molecular weight is 292 g/mol. The fraction of sp³-hybridized carbons (Fsp3) is 0.500. The van der Waals surface area contributed by atoms with Crippen LogP contribution in [0.25, 0.3) is 0 Å². The van der Waals surface area contributed by atoms with Crippen molar-refractivity contribution in [3.05, 3.63) is 24.3 Å². The van der Waals surface area contributed by atoms with Crippen molar-refractivity contribution >= 4 is 17.5 Å². The number of nitrogens with zero attached hydrogens (tertiary/aromatic N) is 2. The van der Waals surface area contributed by atoms with Gasteiger partial charge < -0.3 is 14.5 Å². The quantitative estimate of drug-likeness (QED) is 0.775. The molecule has 0 saturated heterocycles. The molecule has 0 unspecified atom stereocenters. The van der Waals surface area contributed by atoms with E-state index in [1.165, 1.54) is 6.92 Å². The van der Waals surface area contributed by atoms with Crippen LogP contribution < -0.4 is 9.64 Å². The van der Waals surface area contributed by atoms with E-state index in [1.54, 1.807) is 23.0 Å². The molecule has 1 aromatic rings. The van der Waals surface area contributed by atoms with Crippen molar-refractivity contribution < 1.29 is 14.3 Å². The predicted molar refractivity (Wildman–Crippen MR) is 83.6 cm³/mol. The Hall–Kier alpha value is -2.04. The van der Waals surface area contributed by atoms with Gasteiger partial charge in [0.1, 0.15) is 5.75 Å². The van der Waals surface area contributed by atoms with Crippen molar-refractivity contribution in [3.63, 3.8) is 0 Å². The first kappa shape index (κ1) is 17.0. The van der Waals surface area contributed by atoms with Gasteiger partial charge in [-0.2, -0.15) is 0 Å². The number of methoxy groups -OCH3 is 1. The van der Waals surface area contributed by atoms with E-state index in [2.05, 4.69) is 0 Å². The first-order valence-electron chi connectivity index (χ1n) is 7.24. The van der Waals surface area contributed by atoms with E-state index in [-0.39, 0.29) is 11.8 Å². The van der Waals surface area contributed by atoms with Crippen LogP contribution in [0, 0.1) is 0 Å². The van der Waals surface area contributed by atoms with Crippen molar-refractivity contribution in [1.82, 2.24) is 4.90 Å². The standard InChI is InChI=1S/C16H24N2O3/c1-5-17(6-2)16(20)11-12-18(13(3)19)14-9-7-8-10-15(14)21-4/h7-10H,5-6,11-12H2,1-4H3. The van der Waals surface area contributed by atoms with Gasteiger partial charge in [-0.3, -0.25) is 9.59 Å². The van der Waals surface area contributed by atoms with E-state index in [0.717, 1.165) is 0 Å². The third kappa shape index (κ3) is 4.48. The van der Waals surface area contributed by atoms with Crippen molar-refractivity contribution in [2.45, 2.75) is 27.2 Å². The summed E-state index contributed by atoms with van der Waals surface area (Å²) in [5, 5.41) is 0. The molecule has 0 fully saturated rings. The molecule has 0 radical (unpaired) electrons. The minimum atomic E-state index is -0.105. The molecule has 21 heavy (non-hydrogen) atoms. The number of benzene rings is 1. The molecule has 116 valence electrons.